The number of carbonyl (C=O) groups excluding carboxylic acids is 1. The third-order valence-electron chi connectivity index (χ3n) is 3.19. The fraction of sp³-hybridized carbons (Fsp3) is 0.357. The number of rotatable bonds is 5. The third-order valence-corrected chi connectivity index (χ3v) is 3.19. The van der Waals surface area contributed by atoms with Gasteiger partial charge in [0.25, 0.3) is 5.79 Å². The molecule has 108 valence electrons. The minimum absolute atomic E-state index is 0.0925. The predicted molar refractivity (Wildman–Crippen MR) is 68.4 cm³/mol. The summed E-state index contributed by atoms with van der Waals surface area (Å²) in [5.41, 5.74) is 0.537. The summed E-state index contributed by atoms with van der Waals surface area (Å²) in [6.07, 6.45) is 1.35. The van der Waals surface area contributed by atoms with Crippen LogP contribution in [0.15, 0.2) is 42.0 Å². The molecule has 0 aromatic heterocycles. The summed E-state index contributed by atoms with van der Waals surface area (Å²) in [5.74, 6) is -3.71. The van der Waals surface area contributed by atoms with E-state index in [1.54, 1.807) is 30.3 Å². The molecule has 0 unspecified atom stereocenters. The number of Topliss-reactive ketones (excluding diaryl/α,β-unsaturated/α-hetero) is 1. The Labute approximate surface area is 116 Å². The molecule has 0 spiro atoms. The van der Waals surface area contributed by atoms with Crippen LogP contribution < -0.4 is 0 Å². The van der Waals surface area contributed by atoms with Crippen LogP contribution in [0.2, 0.25) is 0 Å². The Bertz CT molecular complexity index is 520. The van der Waals surface area contributed by atoms with E-state index in [1.165, 1.54) is 27.2 Å². The van der Waals surface area contributed by atoms with Gasteiger partial charge in [0.2, 0.25) is 0 Å². The fourth-order valence-electron chi connectivity index (χ4n) is 2.17. The molecule has 2 rings (SSSR count). The van der Waals surface area contributed by atoms with Gasteiger partial charge in [0.15, 0.2) is 5.78 Å². The summed E-state index contributed by atoms with van der Waals surface area (Å²) in [4.78, 5) is 16.4. The van der Waals surface area contributed by atoms with Crippen molar-refractivity contribution in [1.29, 1.82) is 0 Å². The van der Waals surface area contributed by atoms with Gasteiger partial charge in [-0.1, -0.05) is 30.3 Å². The van der Waals surface area contributed by atoms with Crippen LogP contribution >= 0.6 is 0 Å². The number of benzene rings is 1. The van der Waals surface area contributed by atoms with Crippen LogP contribution in [0.5, 0.6) is 0 Å². The molecule has 0 radical (unpaired) electrons. The van der Waals surface area contributed by atoms with Gasteiger partial charge >= 0.3 is 5.97 Å². The van der Waals surface area contributed by atoms with Crippen molar-refractivity contribution in [3.8, 4) is 0 Å². The van der Waals surface area contributed by atoms with Crippen LogP contribution in [0.4, 0.5) is 0 Å². The smallest absolute Gasteiger partial charge is 0.308 e. The molecule has 0 saturated carbocycles. The van der Waals surface area contributed by atoms with Crippen LogP contribution in [-0.4, -0.2) is 31.2 Å². The number of hydrogen-bond acceptors (Lipinski definition) is 6. The third kappa shape index (κ3) is 2.17. The summed E-state index contributed by atoms with van der Waals surface area (Å²) < 4.78 is 15.9. The molecule has 1 aromatic rings. The minimum atomic E-state index is -1.78. The lowest BCUT2D eigenvalue weighted by Gasteiger charge is -2.32. The van der Waals surface area contributed by atoms with Crippen molar-refractivity contribution < 1.29 is 29.1 Å². The molecular weight excluding hydrogens is 264 g/mol. The molecule has 1 aliphatic heterocycles. The summed E-state index contributed by atoms with van der Waals surface area (Å²) in [5, 5.41) is 9.38. The molecule has 0 saturated heterocycles. The first-order valence-electron chi connectivity index (χ1n) is 5.96. The topological polar surface area (TPSA) is 74.2 Å². The molecule has 6 nitrogen and oxygen atoms in total. The summed E-state index contributed by atoms with van der Waals surface area (Å²) >= 11 is 0. The Morgan fingerprint density at radius 1 is 1.20 bits per heavy atom. The molecule has 1 aromatic carbocycles. The van der Waals surface area contributed by atoms with E-state index in [0.717, 1.165) is 0 Å². The van der Waals surface area contributed by atoms with E-state index >= 15 is 0 Å². The Morgan fingerprint density at radius 3 is 2.25 bits per heavy atom. The lowest BCUT2D eigenvalue weighted by molar-refractivity contribution is -0.460. The van der Waals surface area contributed by atoms with Crippen molar-refractivity contribution in [2.75, 3.05) is 14.2 Å². The van der Waals surface area contributed by atoms with E-state index in [-0.39, 0.29) is 11.4 Å². The fourth-order valence-corrected chi connectivity index (χ4v) is 2.17. The van der Waals surface area contributed by atoms with Crippen molar-refractivity contribution >= 4 is 5.78 Å². The van der Waals surface area contributed by atoms with Crippen LogP contribution in [-0.2, 0) is 29.7 Å². The van der Waals surface area contributed by atoms with E-state index in [4.69, 9.17) is 14.2 Å². The number of hydrogen-bond donors (Lipinski definition) is 1. The first-order valence-corrected chi connectivity index (χ1v) is 5.96. The number of ether oxygens (including phenoxy) is 3. The lowest BCUT2D eigenvalue weighted by Crippen LogP contribution is -2.41. The highest BCUT2D eigenvalue weighted by atomic mass is 17.2. The van der Waals surface area contributed by atoms with Gasteiger partial charge in [-0.15, -0.1) is 0 Å². The van der Waals surface area contributed by atoms with Crippen molar-refractivity contribution in [3.05, 3.63) is 47.5 Å². The second-order valence-corrected chi connectivity index (χ2v) is 4.30. The van der Waals surface area contributed by atoms with Crippen LogP contribution in [0.25, 0.3) is 0 Å². The molecule has 0 aliphatic carbocycles. The van der Waals surface area contributed by atoms with Gasteiger partial charge in [0.05, 0.1) is 5.57 Å². The maximum Gasteiger partial charge on any atom is 0.308 e. The van der Waals surface area contributed by atoms with E-state index < -0.39 is 11.8 Å². The molecule has 1 atom stereocenters. The SMILES string of the molecule is COC1(OC)C=C(C(C)=O)[C@](OO)(c2ccccc2)O1. The Hall–Kier alpha value is -1.57. The summed E-state index contributed by atoms with van der Waals surface area (Å²) in [7, 11) is 2.71. The molecular formula is C14H16O6. The quantitative estimate of drug-likeness (QED) is 0.504. The number of methoxy groups -OCH3 is 2. The van der Waals surface area contributed by atoms with Gasteiger partial charge in [-0.2, -0.15) is 4.89 Å². The van der Waals surface area contributed by atoms with Crippen molar-refractivity contribution in [2.24, 2.45) is 0 Å². The Balaban J connectivity index is 2.59. The lowest BCUT2D eigenvalue weighted by atomic mass is 9.96. The largest absolute Gasteiger partial charge is 0.327 e. The highest BCUT2D eigenvalue weighted by Crippen LogP contribution is 2.45. The maximum atomic E-state index is 11.9. The van der Waals surface area contributed by atoms with E-state index in [1.807, 2.05) is 0 Å². The monoisotopic (exact) mass is 280 g/mol. The highest BCUT2D eigenvalue weighted by molar-refractivity contribution is 5.95. The van der Waals surface area contributed by atoms with Crippen LogP contribution in [0.3, 0.4) is 0 Å². The molecule has 1 aliphatic rings. The van der Waals surface area contributed by atoms with Gasteiger partial charge in [-0.05, 0) is 6.92 Å². The van der Waals surface area contributed by atoms with Gasteiger partial charge in [0, 0.05) is 25.9 Å². The normalized spacial score (nSPS) is 24.5. The van der Waals surface area contributed by atoms with E-state index in [9.17, 15) is 10.1 Å². The zero-order valence-corrected chi connectivity index (χ0v) is 11.5. The average molecular weight is 280 g/mol. The summed E-state index contributed by atoms with van der Waals surface area (Å²) in [6, 6.07) is 8.58. The molecule has 0 bridgehead atoms. The first-order chi connectivity index (χ1) is 9.53. The zero-order chi connectivity index (χ0) is 14.8. The van der Waals surface area contributed by atoms with Gasteiger partial charge in [-0.25, -0.2) is 5.26 Å². The minimum Gasteiger partial charge on any atom is -0.327 e. The van der Waals surface area contributed by atoms with Crippen LogP contribution in [0, 0.1) is 0 Å². The van der Waals surface area contributed by atoms with Gasteiger partial charge in [-0.3, -0.25) is 9.53 Å². The second-order valence-electron chi connectivity index (χ2n) is 4.30. The van der Waals surface area contributed by atoms with Crippen LogP contribution in [0.1, 0.15) is 12.5 Å². The second kappa shape index (κ2) is 5.43. The molecule has 0 amide bonds. The van der Waals surface area contributed by atoms with E-state index in [0.29, 0.717) is 5.56 Å². The first kappa shape index (κ1) is 14.8. The maximum absolute atomic E-state index is 11.9. The molecule has 0 fully saturated rings. The molecule has 6 heteroatoms. The Kier molecular flexibility index (Phi) is 4.03. The van der Waals surface area contributed by atoms with Crippen molar-refractivity contribution in [1.82, 2.24) is 0 Å². The standard InChI is InChI=1S/C14H16O6/c1-10(15)12-9-13(17-2,18-3)19-14(12,20-16)11-7-5-4-6-8-11/h4-9,16H,1-3H3/t14-/m1/s1. The van der Waals surface area contributed by atoms with Crippen molar-refractivity contribution in [2.45, 2.75) is 18.7 Å². The predicted octanol–water partition coefficient (Wildman–Crippen LogP) is 1.82. The Morgan fingerprint density at radius 2 is 1.80 bits per heavy atom. The zero-order valence-electron chi connectivity index (χ0n) is 11.5. The molecule has 20 heavy (non-hydrogen) atoms. The number of ketones is 1. The highest BCUT2D eigenvalue weighted by Gasteiger charge is 2.55. The average Bonchev–Trinajstić information content (AvgIpc) is 2.85. The van der Waals surface area contributed by atoms with Gasteiger partial charge in [0.1, 0.15) is 0 Å². The van der Waals surface area contributed by atoms with Crippen molar-refractivity contribution in [3.63, 3.8) is 0 Å². The van der Waals surface area contributed by atoms with E-state index in [2.05, 4.69) is 4.89 Å². The number of carbonyl (C=O) groups is 1. The summed E-state index contributed by atoms with van der Waals surface area (Å²) in [6.45, 7) is 1.34. The molecule has 1 N–H and O–H groups in total. The van der Waals surface area contributed by atoms with Gasteiger partial charge < -0.3 is 9.47 Å². The molecule has 1 heterocycles.